The number of hydrogen-bond donors (Lipinski definition) is 2. The predicted octanol–water partition coefficient (Wildman–Crippen LogP) is 1.95. The summed E-state index contributed by atoms with van der Waals surface area (Å²) < 4.78 is 0. The summed E-state index contributed by atoms with van der Waals surface area (Å²) in [6.45, 7) is 5.48. The molecule has 1 heterocycles. The molecule has 0 aliphatic heterocycles. The number of carbonyl (C=O) groups excluding carboxylic acids is 1. The molecule has 1 rings (SSSR count). The molecule has 0 atom stereocenters. The Hall–Kier alpha value is -1.01. The van der Waals surface area contributed by atoms with Crippen molar-refractivity contribution in [1.29, 1.82) is 0 Å². The van der Waals surface area contributed by atoms with Gasteiger partial charge < -0.3 is 5.73 Å². The first kappa shape index (κ1) is 14.1. The fraction of sp³-hybridized carbons (Fsp3) is 0.727. The molecule has 0 spiro atoms. The molecule has 0 aliphatic rings. The maximum atomic E-state index is 11.6. The van der Waals surface area contributed by atoms with Crippen LogP contribution in [-0.4, -0.2) is 21.6 Å². The summed E-state index contributed by atoms with van der Waals surface area (Å²) in [7, 11) is 0. The van der Waals surface area contributed by atoms with Gasteiger partial charge in [-0.1, -0.05) is 31.1 Å². The molecule has 5 nitrogen and oxygen atoms in total. The molecule has 0 unspecified atom stereocenters. The van der Waals surface area contributed by atoms with Gasteiger partial charge in [-0.2, -0.15) is 0 Å². The zero-order chi connectivity index (χ0) is 12.9. The normalized spacial score (nSPS) is 11.5. The minimum atomic E-state index is -0.895. The quantitative estimate of drug-likeness (QED) is 0.762. The second kappa shape index (κ2) is 6.07. The SMILES string of the molecule is CCCCCc1nnc(NC(=O)C(C)(C)N)s1. The Kier molecular flexibility index (Phi) is 5.02. The Morgan fingerprint density at radius 3 is 2.71 bits per heavy atom. The van der Waals surface area contributed by atoms with Crippen LogP contribution in [0.15, 0.2) is 0 Å². The number of hydrogen-bond acceptors (Lipinski definition) is 5. The van der Waals surface area contributed by atoms with Crippen molar-refractivity contribution in [3.05, 3.63) is 5.01 Å². The Morgan fingerprint density at radius 1 is 1.41 bits per heavy atom. The minimum Gasteiger partial charge on any atom is -0.318 e. The van der Waals surface area contributed by atoms with Crippen LogP contribution in [0.1, 0.15) is 45.0 Å². The van der Waals surface area contributed by atoms with E-state index in [0.717, 1.165) is 17.8 Å². The highest BCUT2D eigenvalue weighted by atomic mass is 32.1. The zero-order valence-corrected chi connectivity index (χ0v) is 11.4. The van der Waals surface area contributed by atoms with Crippen LogP contribution in [0, 0.1) is 0 Å². The van der Waals surface area contributed by atoms with Crippen LogP contribution in [0.25, 0.3) is 0 Å². The fourth-order valence-electron chi connectivity index (χ4n) is 1.19. The van der Waals surface area contributed by atoms with Gasteiger partial charge in [-0.05, 0) is 20.3 Å². The number of aromatic nitrogens is 2. The van der Waals surface area contributed by atoms with Gasteiger partial charge in [-0.3, -0.25) is 10.1 Å². The fourth-order valence-corrected chi connectivity index (χ4v) is 1.97. The van der Waals surface area contributed by atoms with E-state index in [1.807, 2.05) is 0 Å². The summed E-state index contributed by atoms with van der Waals surface area (Å²) in [6.07, 6.45) is 4.41. The summed E-state index contributed by atoms with van der Waals surface area (Å²) in [4.78, 5) is 11.6. The molecule has 0 saturated heterocycles. The minimum absolute atomic E-state index is 0.242. The van der Waals surface area contributed by atoms with E-state index < -0.39 is 5.54 Å². The molecule has 0 fully saturated rings. The van der Waals surface area contributed by atoms with E-state index in [1.165, 1.54) is 24.2 Å². The molecule has 1 aromatic heterocycles. The van der Waals surface area contributed by atoms with E-state index >= 15 is 0 Å². The molecule has 1 aromatic rings. The van der Waals surface area contributed by atoms with Gasteiger partial charge in [0.25, 0.3) is 0 Å². The van der Waals surface area contributed by atoms with Crippen molar-refractivity contribution in [1.82, 2.24) is 10.2 Å². The number of carbonyl (C=O) groups is 1. The van der Waals surface area contributed by atoms with Crippen molar-refractivity contribution in [3.8, 4) is 0 Å². The molecule has 0 aliphatic carbocycles. The summed E-state index contributed by atoms with van der Waals surface area (Å²) in [6, 6.07) is 0. The van der Waals surface area contributed by atoms with Gasteiger partial charge in [0.1, 0.15) is 5.01 Å². The smallest absolute Gasteiger partial charge is 0.245 e. The van der Waals surface area contributed by atoms with Gasteiger partial charge in [-0.25, -0.2) is 0 Å². The van der Waals surface area contributed by atoms with Gasteiger partial charge in [0, 0.05) is 6.42 Å². The molecule has 1 amide bonds. The highest BCUT2D eigenvalue weighted by Crippen LogP contribution is 2.18. The topological polar surface area (TPSA) is 80.9 Å². The lowest BCUT2D eigenvalue weighted by molar-refractivity contribution is -0.120. The predicted molar refractivity (Wildman–Crippen MR) is 70.0 cm³/mol. The van der Waals surface area contributed by atoms with Crippen molar-refractivity contribution in [2.45, 2.75) is 52.0 Å². The van der Waals surface area contributed by atoms with Crippen LogP contribution in [0.2, 0.25) is 0 Å². The van der Waals surface area contributed by atoms with Crippen molar-refractivity contribution in [3.63, 3.8) is 0 Å². The van der Waals surface area contributed by atoms with Crippen molar-refractivity contribution in [2.24, 2.45) is 5.73 Å². The molecule has 96 valence electrons. The molecule has 6 heteroatoms. The summed E-state index contributed by atoms with van der Waals surface area (Å²) in [5.74, 6) is -0.242. The Bertz CT molecular complexity index is 370. The molecular formula is C11H20N4OS. The highest BCUT2D eigenvalue weighted by Gasteiger charge is 2.22. The van der Waals surface area contributed by atoms with Crippen LogP contribution < -0.4 is 11.1 Å². The van der Waals surface area contributed by atoms with Gasteiger partial charge in [0.05, 0.1) is 5.54 Å². The third-order valence-electron chi connectivity index (χ3n) is 2.27. The van der Waals surface area contributed by atoms with Gasteiger partial charge in [0.2, 0.25) is 11.0 Å². The number of nitrogens with zero attached hydrogens (tertiary/aromatic N) is 2. The monoisotopic (exact) mass is 256 g/mol. The van der Waals surface area contributed by atoms with Crippen LogP contribution in [-0.2, 0) is 11.2 Å². The number of aryl methyl sites for hydroxylation is 1. The van der Waals surface area contributed by atoms with E-state index in [9.17, 15) is 4.79 Å². The van der Waals surface area contributed by atoms with E-state index in [4.69, 9.17) is 5.73 Å². The standard InChI is InChI=1S/C11H20N4OS/c1-4-5-6-7-8-14-15-10(17-8)13-9(16)11(2,3)12/h4-7,12H2,1-3H3,(H,13,15,16). The summed E-state index contributed by atoms with van der Waals surface area (Å²) in [5, 5.41) is 12.1. The number of unbranched alkanes of at least 4 members (excludes halogenated alkanes) is 2. The highest BCUT2D eigenvalue weighted by molar-refractivity contribution is 7.15. The second-order valence-corrected chi connectivity index (χ2v) is 5.70. The molecule has 17 heavy (non-hydrogen) atoms. The Labute approximate surface area is 106 Å². The van der Waals surface area contributed by atoms with E-state index in [0.29, 0.717) is 5.13 Å². The van der Waals surface area contributed by atoms with E-state index in [-0.39, 0.29) is 5.91 Å². The number of anilines is 1. The Morgan fingerprint density at radius 2 is 2.12 bits per heavy atom. The van der Waals surface area contributed by atoms with Crippen LogP contribution >= 0.6 is 11.3 Å². The Balaban J connectivity index is 2.48. The maximum Gasteiger partial charge on any atom is 0.245 e. The second-order valence-electron chi connectivity index (χ2n) is 4.63. The summed E-state index contributed by atoms with van der Waals surface area (Å²) in [5.41, 5.74) is 4.78. The lowest BCUT2D eigenvalue weighted by Gasteiger charge is -2.15. The molecular weight excluding hydrogens is 236 g/mol. The first-order chi connectivity index (χ1) is 7.93. The van der Waals surface area contributed by atoms with Gasteiger partial charge >= 0.3 is 0 Å². The van der Waals surface area contributed by atoms with Gasteiger partial charge in [-0.15, -0.1) is 10.2 Å². The third kappa shape index (κ3) is 4.79. The maximum absolute atomic E-state index is 11.6. The average Bonchev–Trinajstić information content (AvgIpc) is 2.65. The number of rotatable bonds is 6. The third-order valence-corrected chi connectivity index (χ3v) is 3.17. The van der Waals surface area contributed by atoms with E-state index in [2.05, 4.69) is 22.4 Å². The lowest BCUT2D eigenvalue weighted by Crippen LogP contribution is -2.45. The molecule has 0 bridgehead atoms. The first-order valence-corrected chi connectivity index (χ1v) is 6.68. The first-order valence-electron chi connectivity index (χ1n) is 5.86. The molecule has 0 radical (unpaired) electrons. The lowest BCUT2D eigenvalue weighted by atomic mass is 10.1. The van der Waals surface area contributed by atoms with Crippen molar-refractivity contribution in [2.75, 3.05) is 5.32 Å². The average molecular weight is 256 g/mol. The molecule has 3 N–H and O–H groups in total. The van der Waals surface area contributed by atoms with Crippen LogP contribution in [0.4, 0.5) is 5.13 Å². The van der Waals surface area contributed by atoms with Gasteiger partial charge in [0.15, 0.2) is 0 Å². The number of nitrogens with one attached hydrogen (secondary N) is 1. The van der Waals surface area contributed by atoms with E-state index in [1.54, 1.807) is 13.8 Å². The largest absolute Gasteiger partial charge is 0.318 e. The molecule has 0 aromatic carbocycles. The molecule has 0 saturated carbocycles. The number of nitrogens with two attached hydrogens (primary N) is 1. The van der Waals surface area contributed by atoms with Crippen LogP contribution in [0.3, 0.4) is 0 Å². The van der Waals surface area contributed by atoms with Crippen molar-refractivity contribution >= 4 is 22.4 Å². The summed E-state index contributed by atoms with van der Waals surface area (Å²) >= 11 is 1.42. The zero-order valence-electron chi connectivity index (χ0n) is 10.6. The van der Waals surface area contributed by atoms with Crippen LogP contribution in [0.5, 0.6) is 0 Å². The number of amides is 1. The van der Waals surface area contributed by atoms with Crippen molar-refractivity contribution < 1.29 is 4.79 Å².